The lowest BCUT2D eigenvalue weighted by atomic mass is 10.1. The molecule has 0 saturated carbocycles. The molecule has 1 aromatic rings. The van der Waals surface area contributed by atoms with Gasteiger partial charge >= 0.3 is 5.97 Å². The number of thiophene rings is 1. The summed E-state index contributed by atoms with van der Waals surface area (Å²) >= 11 is 1.66. The summed E-state index contributed by atoms with van der Waals surface area (Å²) in [5.74, 6) is -1.08. The van der Waals surface area contributed by atoms with E-state index in [4.69, 9.17) is 5.11 Å². The second kappa shape index (κ2) is 8.71. The first kappa shape index (κ1) is 16.7. The first-order valence-electron chi connectivity index (χ1n) is 6.83. The summed E-state index contributed by atoms with van der Waals surface area (Å²) in [4.78, 5) is 24.1. The van der Waals surface area contributed by atoms with Crippen LogP contribution in [-0.2, 0) is 16.0 Å². The van der Waals surface area contributed by atoms with E-state index in [0.29, 0.717) is 13.0 Å². The van der Waals surface area contributed by atoms with Crippen LogP contribution in [0.5, 0.6) is 0 Å². The highest BCUT2D eigenvalue weighted by Gasteiger charge is 2.21. The number of carbonyl (C=O) groups excluding carboxylic acids is 1. The Morgan fingerprint density at radius 1 is 1.45 bits per heavy atom. The number of hydrogen-bond acceptors (Lipinski definition) is 4. The Morgan fingerprint density at radius 3 is 2.75 bits per heavy atom. The third-order valence-electron chi connectivity index (χ3n) is 2.97. The van der Waals surface area contributed by atoms with E-state index in [1.165, 1.54) is 4.88 Å². The van der Waals surface area contributed by atoms with Gasteiger partial charge in [-0.2, -0.15) is 0 Å². The van der Waals surface area contributed by atoms with Crippen molar-refractivity contribution in [2.75, 3.05) is 6.54 Å². The van der Waals surface area contributed by atoms with Gasteiger partial charge in [-0.1, -0.05) is 19.4 Å². The van der Waals surface area contributed by atoms with E-state index >= 15 is 0 Å². The topological polar surface area (TPSA) is 78.4 Å². The Bertz CT molecular complexity index is 420. The summed E-state index contributed by atoms with van der Waals surface area (Å²) in [6.45, 7) is 4.17. The zero-order chi connectivity index (χ0) is 15.0. The molecular weight excluding hydrogens is 276 g/mol. The molecule has 1 aromatic heterocycles. The molecule has 0 spiro atoms. The summed E-state index contributed by atoms with van der Waals surface area (Å²) < 4.78 is 0. The van der Waals surface area contributed by atoms with Gasteiger partial charge in [0.2, 0.25) is 5.91 Å². The van der Waals surface area contributed by atoms with Crippen LogP contribution in [0.15, 0.2) is 17.5 Å². The average Bonchev–Trinajstić information content (AvgIpc) is 2.91. The van der Waals surface area contributed by atoms with Crippen molar-refractivity contribution < 1.29 is 14.7 Å². The summed E-state index contributed by atoms with van der Waals surface area (Å²) in [5.41, 5.74) is 0. The molecule has 112 valence electrons. The molecule has 0 saturated heterocycles. The predicted octanol–water partition coefficient (Wildman–Crippen LogP) is 1.64. The van der Waals surface area contributed by atoms with Gasteiger partial charge in [0.25, 0.3) is 0 Å². The number of aliphatic carboxylic acids is 1. The van der Waals surface area contributed by atoms with Crippen molar-refractivity contribution >= 4 is 23.2 Å². The summed E-state index contributed by atoms with van der Waals surface area (Å²) in [6.07, 6.45) is 2.08. The van der Waals surface area contributed by atoms with Gasteiger partial charge in [0.15, 0.2) is 0 Å². The van der Waals surface area contributed by atoms with Crippen molar-refractivity contribution in [2.45, 2.75) is 45.2 Å². The normalized spacial score (nSPS) is 13.7. The Labute approximate surface area is 123 Å². The third-order valence-corrected chi connectivity index (χ3v) is 3.91. The summed E-state index contributed by atoms with van der Waals surface area (Å²) in [5, 5.41) is 16.7. The molecule has 6 heteroatoms. The SMILES string of the molecule is CCCC(NC(C)C(=O)NCCc1cccs1)C(=O)O. The fraction of sp³-hybridized carbons (Fsp3) is 0.571. The number of carboxylic acid groups (broad SMARTS) is 1. The lowest BCUT2D eigenvalue weighted by molar-refractivity contribution is -0.140. The zero-order valence-corrected chi connectivity index (χ0v) is 12.7. The molecule has 1 amide bonds. The van der Waals surface area contributed by atoms with Gasteiger partial charge in [-0.15, -0.1) is 11.3 Å². The van der Waals surface area contributed by atoms with Crippen molar-refractivity contribution in [3.8, 4) is 0 Å². The van der Waals surface area contributed by atoms with Crippen LogP contribution < -0.4 is 10.6 Å². The number of hydrogen-bond donors (Lipinski definition) is 3. The van der Waals surface area contributed by atoms with Gasteiger partial charge < -0.3 is 10.4 Å². The number of rotatable bonds is 9. The van der Waals surface area contributed by atoms with Gasteiger partial charge in [-0.25, -0.2) is 0 Å². The maximum Gasteiger partial charge on any atom is 0.320 e. The second-order valence-electron chi connectivity index (χ2n) is 4.69. The molecule has 0 aliphatic heterocycles. The number of amides is 1. The largest absolute Gasteiger partial charge is 0.480 e. The smallest absolute Gasteiger partial charge is 0.320 e. The van der Waals surface area contributed by atoms with Crippen LogP contribution in [0.1, 0.15) is 31.6 Å². The van der Waals surface area contributed by atoms with Crippen LogP contribution in [0.3, 0.4) is 0 Å². The molecule has 2 atom stereocenters. The molecule has 1 heterocycles. The molecule has 3 N–H and O–H groups in total. The Kier molecular flexibility index (Phi) is 7.25. The van der Waals surface area contributed by atoms with Gasteiger partial charge in [0.05, 0.1) is 6.04 Å². The highest BCUT2D eigenvalue weighted by Crippen LogP contribution is 2.08. The van der Waals surface area contributed by atoms with Crippen LogP contribution >= 0.6 is 11.3 Å². The summed E-state index contributed by atoms with van der Waals surface area (Å²) in [7, 11) is 0. The third kappa shape index (κ3) is 5.71. The molecular formula is C14H22N2O3S. The van der Waals surface area contributed by atoms with Crippen molar-refractivity contribution in [1.82, 2.24) is 10.6 Å². The van der Waals surface area contributed by atoms with Crippen LogP contribution in [0.2, 0.25) is 0 Å². The minimum absolute atomic E-state index is 0.163. The fourth-order valence-electron chi connectivity index (χ4n) is 1.86. The standard InChI is InChI=1S/C14H22N2O3S/c1-3-5-12(14(18)19)16-10(2)13(17)15-8-7-11-6-4-9-20-11/h4,6,9-10,12,16H,3,5,7-8H2,1-2H3,(H,15,17)(H,18,19). The van der Waals surface area contributed by atoms with E-state index in [9.17, 15) is 9.59 Å². The van der Waals surface area contributed by atoms with Gasteiger partial charge in [-0.05, 0) is 31.2 Å². The summed E-state index contributed by atoms with van der Waals surface area (Å²) in [6, 6.07) is 2.83. The molecule has 20 heavy (non-hydrogen) atoms. The van der Waals surface area contributed by atoms with Crippen LogP contribution in [0.4, 0.5) is 0 Å². The number of carboxylic acids is 1. The monoisotopic (exact) mass is 298 g/mol. The highest BCUT2D eigenvalue weighted by molar-refractivity contribution is 7.09. The van der Waals surface area contributed by atoms with E-state index in [1.807, 2.05) is 24.4 Å². The lowest BCUT2D eigenvalue weighted by Crippen LogP contribution is -2.49. The molecule has 0 aliphatic rings. The van der Waals surface area contributed by atoms with Crippen molar-refractivity contribution in [3.63, 3.8) is 0 Å². The van der Waals surface area contributed by atoms with E-state index < -0.39 is 18.1 Å². The molecule has 0 bridgehead atoms. The van der Waals surface area contributed by atoms with Crippen LogP contribution in [-0.4, -0.2) is 35.6 Å². The predicted molar refractivity (Wildman–Crippen MR) is 80.0 cm³/mol. The van der Waals surface area contributed by atoms with Gasteiger partial charge in [-0.3, -0.25) is 14.9 Å². The Balaban J connectivity index is 2.32. The molecule has 0 aliphatic carbocycles. The highest BCUT2D eigenvalue weighted by atomic mass is 32.1. The maximum atomic E-state index is 11.9. The van der Waals surface area contributed by atoms with Crippen molar-refractivity contribution in [1.29, 1.82) is 0 Å². The molecule has 0 fully saturated rings. The maximum absolute atomic E-state index is 11.9. The molecule has 1 rings (SSSR count). The minimum atomic E-state index is -0.912. The van der Waals surface area contributed by atoms with Crippen LogP contribution in [0.25, 0.3) is 0 Å². The molecule has 2 unspecified atom stereocenters. The van der Waals surface area contributed by atoms with E-state index in [0.717, 1.165) is 12.8 Å². The minimum Gasteiger partial charge on any atom is -0.480 e. The number of nitrogens with one attached hydrogen (secondary N) is 2. The van der Waals surface area contributed by atoms with E-state index in [1.54, 1.807) is 18.3 Å². The Hall–Kier alpha value is -1.40. The first-order chi connectivity index (χ1) is 9.54. The van der Waals surface area contributed by atoms with Crippen molar-refractivity contribution in [3.05, 3.63) is 22.4 Å². The van der Waals surface area contributed by atoms with Gasteiger partial charge in [0.1, 0.15) is 6.04 Å². The van der Waals surface area contributed by atoms with Crippen molar-refractivity contribution in [2.24, 2.45) is 0 Å². The molecule has 0 aromatic carbocycles. The Morgan fingerprint density at radius 2 is 2.20 bits per heavy atom. The quantitative estimate of drug-likeness (QED) is 0.647. The lowest BCUT2D eigenvalue weighted by Gasteiger charge is -2.19. The average molecular weight is 298 g/mol. The van der Waals surface area contributed by atoms with E-state index in [2.05, 4.69) is 10.6 Å². The molecule has 0 radical (unpaired) electrons. The zero-order valence-electron chi connectivity index (χ0n) is 11.9. The first-order valence-corrected chi connectivity index (χ1v) is 7.71. The number of carbonyl (C=O) groups is 2. The molecule has 5 nitrogen and oxygen atoms in total. The second-order valence-corrected chi connectivity index (χ2v) is 5.72. The fourth-order valence-corrected chi connectivity index (χ4v) is 2.57. The van der Waals surface area contributed by atoms with Gasteiger partial charge in [0, 0.05) is 11.4 Å². The van der Waals surface area contributed by atoms with Crippen LogP contribution in [0, 0.1) is 0 Å². The van der Waals surface area contributed by atoms with E-state index in [-0.39, 0.29) is 5.91 Å².